The molecule has 0 radical (unpaired) electrons. The molecule has 138 valence electrons. The highest BCUT2D eigenvalue weighted by molar-refractivity contribution is 6.00. The summed E-state index contributed by atoms with van der Waals surface area (Å²) >= 11 is 0. The van der Waals surface area contributed by atoms with E-state index in [1.54, 1.807) is 0 Å². The number of hydrogen-bond donors (Lipinski definition) is 0. The van der Waals surface area contributed by atoms with Crippen molar-refractivity contribution in [3.05, 3.63) is 47.2 Å². The normalized spacial score (nSPS) is 16.5. The Morgan fingerprint density at radius 1 is 1.31 bits per heavy atom. The van der Waals surface area contributed by atoms with Crippen LogP contribution in [0, 0.1) is 5.92 Å². The highest BCUT2D eigenvalue weighted by atomic mass is 16.5. The second-order valence-corrected chi connectivity index (χ2v) is 7.41. The first-order valence-electron chi connectivity index (χ1n) is 9.43. The minimum Gasteiger partial charge on any atom is -0.465 e. The van der Waals surface area contributed by atoms with Gasteiger partial charge in [0.05, 0.1) is 18.4 Å². The molecule has 1 aliphatic rings. The van der Waals surface area contributed by atoms with Crippen LogP contribution in [0.1, 0.15) is 55.2 Å². The zero-order valence-electron chi connectivity index (χ0n) is 16.4. The van der Waals surface area contributed by atoms with Crippen LogP contribution in [-0.4, -0.2) is 31.2 Å². The maximum Gasteiger partial charge on any atom is 0.340 e. The molecule has 4 heteroatoms. The van der Waals surface area contributed by atoms with Crippen LogP contribution in [0.5, 0.6) is 0 Å². The Balaban J connectivity index is 2.40. The van der Waals surface area contributed by atoms with Gasteiger partial charge < -0.3 is 9.64 Å². The Hall–Kier alpha value is -2.36. The third-order valence-corrected chi connectivity index (χ3v) is 5.07. The molecule has 0 spiro atoms. The Bertz CT molecular complexity index is 800. The summed E-state index contributed by atoms with van der Waals surface area (Å²) in [5.74, 6) is 1.38. The molecule has 0 N–H and O–H groups in total. The second-order valence-electron chi connectivity index (χ2n) is 7.41. The van der Waals surface area contributed by atoms with Crippen molar-refractivity contribution in [3.63, 3.8) is 0 Å². The van der Waals surface area contributed by atoms with Gasteiger partial charge in [0, 0.05) is 24.2 Å². The number of fused-ring (bicyclic) bond motifs is 1. The lowest BCUT2D eigenvalue weighted by atomic mass is 9.85. The summed E-state index contributed by atoms with van der Waals surface area (Å²) < 4.78 is 5.17. The van der Waals surface area contributed by atoms with Crippen LogP contribution in [-0.2, 0) is 11.2 Å². The van der Waals surface area contributed by atoms with Gasteiger partial charge in [-0.3, -0.25) is 0 Å². The van der Waals surface area contributed by atoms with Crippen LogP contribution >= 0.6 is 0 Å². The van der Waals surface area contributed by atoms with Gasteiger partial charge >= 0.3 is 5.97 Å². The molecule has 3 rings (SSSR count). The third-order valence-electron chi connectivity index (χ3n) is 5.07. The van der Waals surface area contributed by atoms with E-state index in [-0.39, 0.29) is 11.9 Å². The van der Waals surface area contributed by atoms with Crippen LogP contribution in [0.3, 0.4) is 0 Å². The van der Waals surface area contributed by atoms with Crippen molar-refractivity contribution in [2.75, 3.05) is 25.1 Å². The van der Waals surface area contributed by atoms with Crippen LogP contribution in [0.4, 0.5) is 5.82 Å². The van der Waals surface area contributed by atoms with E-state index in [2.05, 4.69) is 44.7 Å². The topological polar surface area (TPSA) is 42.4 Å². The van der Waals surface area contributed by atoms with Crippen molar-refractivity contribution < 1.29 is 9.53 Å². The van der Waals surface area contributed by atoms with Gasteiger partial charge in [-0.25, -0.2) is 9.78 Å². The van der Waals surface area contributed by atoms with Crippen molar-refractivity contribution in [2.24, 2.45) is 5.92 Å². The lowest BCUT2D eigenvalue weighted by Gasteiger charge is -2.35. The average Bonchev–Trinajstić information content (AvgIpc) is 2.65. The average molecular weight is 352 g/mol. The standard InChI is InChI=1S/C22H28N2O2/c1-6-24-13-15(4)12-17-18(16-10-8-7-9-11-16)19(22(25)26-5)20(14(2)3)23-21(17)24/h7-11,14-15H,6,12-13H2,1-5H3. The summed E-state index contributed by atoms with van der Waals surface area (Å²) in [4.78, 5) is 20.1. The second kappa shape index (κ2) is 7.48. The molecule has 1 aromatic heterocycles. The van der Waals surface area contributed by atoms with E-state index < -0.39 is 0 Å². The molecule has 1 atom stereocenters. The number of rotatable bonds is 4. The molecule has 4 nitrogen and oxygen atoms in total. The number of pyridine rings is 1. The summed E-state index contributed by atoms with van der Waals surface area (Å²) in [5, 5.41) is 0. The number of methoxy groups -OCH3 is 1. The van der Waals surface area contributed by atoms with E-state index >= 15 is 0 Å². The molecule has 0 saturated heterocycles. The Kier molecular flexibility index (Phi) is 5.30. The first-order chi connectivity index (χ1) is 12.5. The molecule has 2 heterocycles. The van der Waals surface area contributed by atoms with Gasteiger partial charge in [0.2, 0.25) is 0 Å². The fraction of sp³-hybridized carbons (Fsp3) is 0.455. The first-order valence-corrected chi connectivity index (χ1v) is 9.43. The molecule has 0 bridgehead atoms. The van der Waals surface area contributed by atoms with Crippen molar-refractivity contribution in [1.82, 2.24) is 4.98 Å². The van der Waals surface area contributed by atoms with Gasteiger partial charge in [-0.15, -0.1) is 0 Å². The van der Waals surface area contributed by atoms with Crippen LogP contribution in [0.25, 0.3) is 11.1 Å². The van der Waals surface area contributed by atoms with Gasteiger partial charge in [-0.2, -0.15) is 0 Å². The molecule has 26 heavy (non-hydrogen) atoms. The van der Waals surface area contributed by atoms with E-state index in [0.717, 1.165) is 42.1 Å². The molecule has 1 aromatic carbocycles. The fourth-order valence-corrected chi connectivity index (χ4v) is 3.89. The van der Waals surface area contributed by atoms with Gasteiger partial charge in [-0.1, -0.05) is 51.1 Å². The molecule has 0 saturated carbocycles. The van der Waals surface area contributed by atoms with Crippen LogP contribution < -0.4 is 4.90 Å². The van der Waals surface area contributed by atoms with Crippen LogP contribution in [0.2, 0.25) is 0 Å². The Morgan fingerprint density at radius 2 is 2.00 bits per heavy atom. The van der Waals surface area contributed by atoms with Crippen molar-refractivity contribution in [2.45, 2.75) is 40.0 Å². The molecular weight excluding hydrogens is 324 g/mol. The minimum absolute atomic E-state index is 0.134. The molecule has 0 fully saturated rings. The van der Waals surface area contributed by atoms with Gasteiger partial charge in [-0.05, 0) is 30.7 Å². The predicted molar refractivity (Wildman–Crippen MR) is 106 cm³/mol. The summed E-state index contributed by atoms with van der Waals surface area (Å²) in [7, 11) is 1.45. The quantitative estimate of drug-likeness (QED) is 0.750. The third kappa shape index (κ3) is 3.20. The van der Waals surface area contributed by atoms with E-state index in [1.165, 1.54) is 12.7 Å². The van der Waals surface area contributed by atoms with E-state index in [4.69, 9.17) is 9.72 Å². The zero-order valence-corrected chi connectivity index (χ0v) is 16.4. The molecule has 2 aromatic rings. The number of esters is 1. The Morgan fingerprint density at radius 3 is 2.58 bits per heavy atom. The number of anilines is 1. The molecule has 1 aliphatic heterocycles. The number of carbonyl (C=O) groups is 1. The fourth-order valence-electron chi connectivity index (χ4n) is 3.89. The van der Waals surface area contributed by atoms with E-state index in [1.807, 2.05) is 18.2 Å². The summed E-state index contributed by atoms with van der Waals surface area (Å²) in [6.07, 6.45) is 0.922. The summed E-state index contributed by atoms with van der Waals surface area (Å²) in [5.41, 5.74) is 4.66. The van der Waals surface area contributed by atoms with Gasteiger partial charge in [0.25, 0.3) is 0 Å². The summed E-state index contributed by atoms with van der Waals surface area (Å²) in [6, 6.07) is 10.2. The highest BCUT2D eigenvalue weighted by Crippen LogP contribution is 2.41. The Labute approximate surface area is 156 Å². The van der Waals surface area contributed by atoms with Gasteiger partial charge in [0.15, 0.2) is 0 Å². The molecule has 1 unspecified atom stereocenters. The van der Waals surface area contributed by atoms with Crippen molar-refractivity contribution in [1.29, 1.82) is 0 Å². The number of hydrogen-bond acceptors (Lipinski definition) is 4. The maximum atomic E-state index is 12.8. The lowest BCUT2D eigenvalue weighted by Crippen LogP contribution is -2.36. The highest BCUT2D eigenvalue weighted by Gasteiger charge is 2.32. The van der Waals surface area contributed by atoms with Gasteiger partial charge in [0.1, 0.15) is 5.82 Å². The largest absolute Gasteiger partial charge is 0.465 e. The molecule has 0 amide bonds. The van der Waals surface area contributed by atoms with Crippen LogP contribution in [0.15, 0.2) is 30.3 Å². The zero-order chi connectivity index (χ0) is 18.8. The van der Waals surface area contributed by atoms with Crippen molar-refractivity contribution >= 4 is 11.8 Å². The van der Waals surface area contributed by atoms with E-state index in [9.17, 15) is 4.79 Å². The minimum atomic E-state index is -0.302. The molecular formula is C22H28N2O2. The number of benzene rings is 1. The number of nitrogens with zero attached hydrogens (tertiary/aromatic N) is 2. The SMILES string of the molecule is CCN1CC(C)Cc2c1nc(C(C)C)c(C(=O)OC)c2-c1ccccc1. The maximum absolute atomic E-state index is 12.8. The first kappa shape index (κ1) is 18.4. The van der Waals surface area contributed by atoms with Crippen molar-refractivity contribution in [3.8, 4) is 11.1 Å². The lowest BCUT2D eigenvalue weighted by molar-refractivity contribution is 0.0599. The summed E-state index contributed by atoms with van der Waals surface area (Å²) in [6.45, 7) is 10.5. The number of carbonyl (C=O) groups excluding carboxylic acids is 1. The van der Waals surface area contributed by atoms with E-state index in [0.29, 0.717) is 11.5 Å². The molecule has 0 aliphatic carbocycles. The predicted octanol–water partition coefficient (Wildman–Crippen LogP) is 4.68. The number of ether oxygens (including phenoxy) is 1. The smallest absolute Gasteiger partial charge is 0.340 e. The monoisotopic (exact) mass is 352 g/mol. The number of aromatic nitrogens is 1.